The lowest BCUT2D eigenvalue weighted by atomic mass is 10.2. The number of anilines is 2. The molecule has 0 radical (unpaired) electrons. The Morgan fingerprint density at radius 3 is 2.52 bits per heavy atom. The highest BCUT2D eigenvalue weighted by Crippen LogP contribution is 2.30. The zero-order chi connectivity index (χ0) is 19.1. The Bertz CT molecular complexity index is 774. The van der Waals surface area contributed by atoms with E-state index in [9.17, 15) is 9.59 Å². The first kappa shape index (κ1) is 18.6. The summed E-state index contributed by atoms with van der Waals surface area (Å²) in [5, 5.41) is 2.85. The average Bonchev–Trinajstić information content (AvgIpc) is 2.73. The minimum atomic E-state index is -0.264. The van der Waals surface area contributed by atoms with E-state index in [0.29, 0.717) is 30.3 Å². The van der Waals surface area contributed by atoms with E-state index in [1.54, 1.807) is 24.1 Å². The second kappa shape index (κ2) is 8.93. The number of carbonyl (C=O) groups is 2. The van der Waals surface area contributed by atoms with Gasteiger partial charge in [-0.05, 0) is 30.3 Å². The van der Waals surface area contributed by atoms with Crippen LogP contribution in [0.15, 0.2) is 48.5 Å². The number of ether oxygens (including phenoxy) is 2. The van der Waals surface area contributed by atoms with Crippen LogP contribution in [0.5, 0.6) is 11.5 Å². The van der Waals surface area contributed by atoms with Crippen molar-refractivity contribution in [3.63, 3.8) is 0 Å². The molecule has 7 heteroatoms. The molecule has 2 amide bonds. The Labute approximate surface area is 158 Å². The molecular weight excluding hydrogens is 346 g/mol. The maximum atomic E-state index is 12.3. The van der Waals surface area contributed by atoms with Gasteiger partial charge in [-0.15, -0.1) is 0 Å². The summed E-state index contributed by atoms with van der Waals surface area (Å²) < 4.78 is 10.8. The SMILES string of the molecule is COc1ccc(N2CCN(C=O)CC2)cc1NC(=O)COc1ccccc1. The number of piperazine rings is 1. The largest absolute Gasteiger partial charge is 0.495 e. The lowest BCUT2D eigenvalue weighted by molar-refractivity contribution is -0.119. The van der Waals surface area contributed by atoms with Crippen molar-refractivity contribution in [3.05, 3.63) is 48.5 Å². The van der Waals surface area contributed by atoms with Crippen LogP contribution in [0.4, 0.5) is 11.4 Å². The first-order chi connectivity index (χ1) is 13.2. The molecule has 27 heavy (non-hydrogen) atoms. The molecule has 2 aromatic rings. The third-order valence-electron chi connectivity index (χ3n) is 4.40. The summed E-state index contributed by atoms with van der Waals surface area (Å²) in [6, 6.07) is 14.9. The van der Waals surface area contributed by atoms with Crippen LogP contribution >= 0.6 is 0 Å². The quantitative estimate of drug-likeness (QED) is 0.756. The highest BCUT2D eigenvalue weighted by atomic mass is 16.5. The average molecular weight is 369 g/mol. The van der Waals surface area contributed by atoms with Crippen molar-refractivity contribution in [1.82, 2.24) is 4.90 Å². The molecule has 0 aromatic heterocycles. The van der Waals surface area contributed by atoms with Crippen molar-refractivity contribution in [2.24, 2.45) is 0 Å². The van der Waals surface area contributed by atoms with Crippen molar-refractivity contribution in [2.45, 2.75) is 0 Å². The highest BCUT2D eigenvalue weighted by molar-refractivity contribution is 5.94. The van der Waals surface area contributed by atoms with Gasteiger partial charge in [0.15, 0.2) is 6.61 Å². The normalized spacial score (nSPS) is 13.8. The van der Waals surface area contributed by atoms with E-state index < -0.39 is 0 Å². The van der Waals surface area contributed by atoms with E-state index in [2.05, 4.69) is 10.2 Å². The molecular formula is C20H23N3O4. The molecule has 0 unspecified atom stereocenters. The maximum absolute atomic E-state index is 12.3. The second-order valence-corrected chi connectivity index (χ2v) is 6.16. The number of benzene rings is 2. The van der Waals surface area contributed by atoms with Crippen molar-refractivity contribution in [3.8, 4) is 11.5 Å². The summed E-state index contributed by atoms with van der Waals surface area (Å²) in [4.78, 5) is 27.1. The molecule has 1 N–H and O–H groups in total. The monoisotopic (exact) mass is 369 g/mol. The molecule has 1 aliphatic heterocycles. The third kappa shape index (κ3) is 4.91. The van der Waals surface area contributed by atoms with Crippen LogP contribution in [0.25, 0.3) is 0 Å². The second-order valence-electron chi connectivity index (χ2n) is 6.16. The zero-order valence-electron chi connectivity index (χ0n) is 15.3. The summed E-state index contributed by atoms with van der Waals surface area (Å²) in [6.07, 6.45) is 0.879. The van der Waals surface area contributed by atoms with Gasteiger partial charge in [-0.1, -0.05) is 18.2 Å². The van der Waals surface area contributed by atoms with E-state index in [1.165, 1.54) is 0 Å². The molecule has 0 spiro atoms. The number of rotatable bonds is 7. The number of para-hydroxylation sites is 1. The van der Waals surface area contributed by atoms with E-state index in [1.807, 2.05) is 36.4 Å². The highest BCUT2D eigenvalue weighted by Gasteiger charge is 2.17. The van der Waals surface area contributed by atoms with Gasteiger partial charge in [0.25, 0.3) is 5.91 Å². The summed E-state index contributed by atoms with van der Waals surface area (Å²) in [5.74, 6) is 0.958. The van der Waals surface area contributed by atoms with Gasteiger partial charge in [-0.3, -0.25) is 9.59 Å². The summed E-state index contributed by atoms with van der Waals surface area (Å²) in [5.41, 5.74) is 1.56. The fourth-order valence-electron chi connectivity index (χ4n) is 2.93. The van der Waals surface area contributed by atoms with Gasteiger partial charge in [0.1, 0.15) is 11.5 Å². The predicted molar refractivity (Wildman–Crippen MR) is 103 cm³/mol. The number of methoxy groups -OCH3 is 1. The van der Waals surface area contributed by atoms with Crippen molar-refractivity contribution >= 4 is 23.7 Å². The molecule has 1 aliphatic rings. The first-order valence-electron chi connectivity index (χ1n) is 8.79. The van der Waals surface area contributed by atoms with Crippen LogP contribution in [0.2, 0.25) is 0 Å². The van der Waals surface area contributed by atoms with Crippen LogP contribution < -0.4 is 19.7 Å². The lowest BCUT2D eigenvalue weighted by Gasteiger charge is -2.34. The maximum Gasteiger partial charge on any atom is 0.262 e. The van der Waals surface area contributed by atoms with Crippen molar-refractivity contribution in [1.29, 1.82) is 0 Å². The fourth-order valence-corrected chi connectivity index (χ4v) is 2.93. The summed E-state index contributed by atoms with van der Waals surface area (Å²) in [7, 11) is 1.56. The van der Waals surface area contributed by atoms with E-state index in [4.69, 9.17) is 9.47 Å². The number of nitrogens with zero attached hydrogens (tertiary/aromatic N) is 2. The lowest BCUT2D eigenvalue weighted by Crippen LogP contribution is -2.45. The van der Waals surface area contributed by atoms with Gasteiger partial charge in [0.05, 0.1) is 12.8 Å². The Balaban J connectivity index is 1.64. The molecule has 0 bridgehead atoms. The molecule has 2 aromatic carbocycles. The van der Waals surface area contributed by atoms with Crippen LogP contribution in [0, 0.1) is 0 Å². The smallest absolute Gasteiger partial charge is 0.262 e. The molecule has 1 fully saturated rings. The summed E-state index contributed by atoms with van der Waals surface area (Å²) in [6.45, 7) is 2.77. The van der Waals surface area contributed by atoms with Gasteiger partial charge in [0, 0.05) is 31.9 Å². The number of carbonyl (C=O) groups excluding carboxylic acids is 2. The molecule has 3 rings (SSSR count). The topological polar surface area (TPSA) is 71.1 Å². The minimum absolute atomic E-state index is 0.0879. The molecule has 1 saturated heterocycles. The van der Waals surface area contributed by atoms with Gasteiger partial charge < -0.3 is 24.6 Å². The predicted octanol–water partition coefficient (Wildman–Crippen LogP) is 1.99. The Kier molecular flexibility index (Phi) is 6.14. The van der Waals surface area contributed by atoms with Crippen molar-refractivity contribution < 1.29 is 19.1 Å². The fraction of sp³-hybridized carbons (Fsp3) is 0.300. The van der Waals surface area contributed by atoms with Gasteiger partial charge >= 0.3 is 0 Å². The molecule has 7 nitrogen and oxygen atoms in total. The van der Waals surface area contributed by atoms with E-state index in [0.717, 1.165) is 25.2 Å². The molecule has 0 atom stereocenters. The Morgan fingerprint density at radius 2 is 1.85 bits per heavy atom. The molecule has 0 saturated carbocycles. The van der Waals surface area contributed by atoms with Crippen LogP contribution in [-0.4, -0.2) is 57.1 Å². The Hall–Kier alpha value is -3.22. The van der Waals surface area contributed by atoms with Crippen LogP contribution in [0.3, 0.4) is 0 Å². The van der Waals surface area contributed by atoms with Crippen LogP contribution in [-0.2, 0) is 9.59 Å². The van der Waals surface area contributed by atoms with Gasteiger partial charge in [0.2, 0.25) is 6.41 Å². The van der Waals surface area contributed by atoms with Gasteiger partial charge in [-0.25, -0.2) is 0 Å². The standard InChI is InChI=1S/C20H23N3O4/c1-26-19-8-7-16(23-11-9-22(15-24)10-12-23)13-18(19)21-20(25)14-27-17-5-3-2-4-6-17/h2-8,13,15H,9-12,14H2,1H3,(H,21,25). The number of amides is 2. The number of hydrogen-bond acceptors (Lipinski definition) is 5. The number of nitrogens with one attached hydrogen (secondary N) is 1. The first-order valence-corrected chi connectivity index (χ1v) is 8.79. The molecule has 1 heterocycles. The third-order valence-corrected chi connectivity index (χ3v) is 4.40. The molecule has 142 valence electrons. The van der Waals surface area contributed by atoms with Gasteiger partial charge in [-0.2, -0.15) is 0 Å². The van der Waals surface area contributed by atoms with E-state index >= 15 is 0 Å². The summed E-state index contributed by atoms with van der Waals surface area (Å²) >= 11 is 0. The number of hydrogen-bond donors (Lipinski definition) is 1. The zero-order valence-corrected chi connectivity index (χ0v) is 15.3. The van der Waals surface area contributed by atoms with E-state index in [-0.39, 0.29) is 12.5 Å². The minimum Gasteiger partial charge on any atom is -0.495 e. The molecule has 0 aliphatic carbocycles. The Morgan fingerprint density at radius 1 is 1.11 bits per heavy atom. The van der Waals surface area contributed by atoms with Crippen molar-refractivity contribution in [2.75, 3.05) is 50.1 Å². The van der Waals surface area contributed by atoms with Crippen LogP contribution in [0.1, 0.15) is 0 Å².